The van der Waals surface area contributed by atoms with Crippen LogP contribution in [0.5, 0.6) is 0 Å². The third-order valence-corrected chi connectivity index (χ3v) is 3.80. The number of hydrogen-bond donors (Lipinski definition) is 1. The summed E-state index contributed by atoms with van der Waals surface area (Å²) in [6.07, 6.45) is 7.76. The van der Waals surface area contributed by atoms with Crippen LogP contribution in [0.15, 0.2) is 6.33 Å². The molecule has 4 heteroatoms. The summed E-state index contributed by atoms with van der Waals surface area (Å²) in [5.41, 5.74) is 8.86. The molecule has 1 aromatic heterocycles. The summed E-state index contributed by atoms with van der Waals surface area (Å²) < 4.78 is 7.81. The van der Waals surface area contributed by atoms with Gasteiger partial charge in [-0.1, -0.05) is 0 Å². The summed E-state index contributed by atoms with van der Waals surface area (Å²) in [4.78, 5) is 4.52. The minimum absolute atomic E-state index is 0.217. The number of nitrogens with two attached hydrogens (primary N) is 1. The second-order valence-electron chi connectivity index (χ2n) is 4.85. The molecule has 0 saturated carbocycles. The van der Waals surface area contributed by atoms with Gasteiger partial charge in [-0.25, -0.2) is 4.98 Å². The van der Waals surface area contributed by atoms with E-state index in [1.807, 2.05) is 6.33 Å². The van der Waals surface area contributed by atoms with E-state index < -0.39 is 0 Å². The lowest BCUT2D eigenvalue weighted by Crippen LogP contribution is -2.40. The number of imidazole rings is 1. The summed E-state index contributed by atoms with van der Waals surface area (Å²) in [5, 5.41) is 0. The van der Waals surface area contributed by atoms with Gasteiger partial charge in [0.25, 0.3) is 0 Å². The molecular formula is C12H19N3O. The van der Waals surface area contributed by atoms with E-state index in [2.05, 4.69) is 9.55 Å². The summed E-state index contributed by atoms with van der Waals surface area (Å²) >= 11 is 0. The smallest absolute Gasteiger partial charge is 0.0955 e. The fourth-order valence-electron chi connectivity index (χ4n) is 2.80. The molecule has 1 aromatic rings. The molecular weight excluding hydrogens is 202 g/mol. The highest BCUT2D eigenvalue weighted by Crippen LogP contribution is 2.26. The predicted molar refractivity (Wildman–Crippen MR) is 61.3 cm³/mol. The van der Waals surface area contributed by atoms with Crippen molar-refractivity contribution in [3.63, 3.8) is 0 Å². The SMILES string of the molecule is NC1CCOCC1n1cnc2c1CCCC2. The molecule has 1 fully saturated rings. The summed E-state index contributed by atoms with van der Waals surface area (Å²) in [6, 6.07) is 0.511. The third kappa shape index (κ3) is 1.66. The molecule has 2 unspecified atom stereocenters. The zero-order valence-corrected chi connectivity index (χ0v) is 9.56. The highest BCUT2D eigenvalue weighted by Gasteiger charge is 2.27. The Hall–Kier alpha value is -0.870. The fourth-order valence-corrected chi connectivity index (χ4v) is 2.80. The largest absolute Gasteiger partial charge is 0.379 e. The molecule has 2 aliphatic rings. The van der Waals surface area contributed by atoms with Crippen LogP contribution in [-0.4, -0.2) is 28.8 Å². The molecule has 2 atom stereocenters. The van der Waals surface area contributed by atoms with Crippen molar-refractivity contribution >= 4 is 0 Å². The summed E-state index contributed by atoms with van der Waals surface area (Å²) in [7, 11) is 0. The maximum absolute atomic E-state index is 6.17. The molecule has 2 heterocycles. The lowest BCUT2D eigenvalue weighted by atomic mass is 9.99. The minimum atomic E-state index is 0.217. The minimum Gasteiger partial charge on any atom is -0.379 e. The van der Waals surface area contributed by atoms with Gasteiger partial charge in [0.2, 0.25) is 0 Å². The van der Waals surface area contributed by atoms with E-state index in [0.29, 0.717) is 6.04 Å². The number of fused-ring (bicyclic) bond motifs is 1. The molecule has 0 radical (unpaired) electrons. The highest BCUT2D eigenvalue weighted by atomic mass is 16.5. The Balaban J connectivity index is 1.90. The lowest BCUT2D eigenvalue weighted by Gasteiger charge is -2.31. The van der Waals surface area contributed by atoms with Gasteiger partial charge in [0, 0.05) is 18.3 Å². The lowest BCUT2D eigenvalue weighted by molar-refractivity contribution is 0.0457. The van der Waals surface area contributed by atoms with Crippen molar-refractivity contribution in [2.45, 2.75) is 44.2 Å². The van der Waals surface area contributed by atoms with Gasteiger partial charge in [-0.15, -0.1) is 0 Å². The Kier molecular flexibility index (Phi) is 2.69. The third-order valence-electron chi connectivity index (χ3n) is 3.80. The van der Waals surface area contributed by atoms with E-state index in [4.69, 9.17) is 10.5 Å². The molecule has 0 bridgehead atoms. The average molecular weight is 221 g/mol. The fraction of sp³-hybridized carbons (Fsp3) is 0.750. The first-order valence-corrected chi connectivity index (χ1v) is 6.24. The molecule has 88 valence electrons. The van der Waals surface area contributed by atoms with Crippen molar-refractivity contribution in [2.75, 3.05) is 13.2 Å². The average Bonchev–Trinajstić information content (AvgIpc) is 2.74. The molecule has 4 nitrogen and oxygen atoms in total. The van der Waals surface area contributed by atoms with E-state index in [9.17, 15) is 0 Å². The zero-order valence-electron chi connectivity index (χ0n) is 9.56. The molecule has 2 N–H and O–H groups in total. The molecule has 1 saturated heterocycles. The van der Waals surface area contributed by atoms with Gasteiger partial charge in [0.15, 0.2) is 0 Å². The first-order chi connectivity index (χ1) is 7.86. The number of ether oxygens (including phenoxy) is 1. The summed E-state index contributed by atoms with van der Waals surface area (Å²) in [5.74, 6) is 0. The van der Waals surface area contributed by atoms with Gasteiger partial charge in [0.1, 0.15) is 0 Å². The molecule has 3 rings (SSSR count). The van der Waals surface area contributed by atoms with Gasteiger partial charge in [-0.2, -0.15) is 0 Å². The van der Waals surface area contributed by atoms with E-state index in [0.717, 1.165) is 32.5 Å². The van der Waals surface area contributed by atoms with E-state index in [1.165, 1.54) is 24.2 Å². The highest BCUT2D eigenvalue weighted by molar-refractivity contribution is 5.17. The maximum atomic E-state index is 6.17. The van der Waals surface area contributed by atoms with Gasteiger partial charge in [-0.05, 0) is 32.1 Å². The number of hydrogen-bond acceptors (Lipinski definition) is 3. The number of rotatable bonds is 1. The molecule has 0 amide bonds. The quantitative estimate of drug-likeness (QED) is 0.771. The molecule has 1 aliphatic carbocycles. The zero-order chi connectivity index (χ0) is 11.0. The molecule has 1 aliphatic heterocycles. The van der Waals surface area contributed by atoms with Crippen molar-refractivity contribution in [3.05, 3.63) is 17.7 Å². The van der Waals surface area contributed by atoms with Crippen LogP contribution in [0.1, 0.15) is 36.7 Å². The van der Waals surface area contributed by atoms with Crippen LogP contribution in [0.4, 0.5) is 0 Å². The van der Waals surface area contributed by atoms with Crippen LogP contribution in [0, 0.1) is 0 Å². The van der Waals surface area contributed by atoms with E-state index >= 15 is 0 Å². The standard InChI is InChI=1S/C12H19N3O/c13-9-5-6-16-7-12(9)15-8-14-10-3-1-2-4-11(10)15/h8-9,12H,1-7,13H2. The van der Waals surface area contributed by atoms with E-state index in [1.54, 1.807) is 0 Å². The van der Waals surface area contributed by atoms with Gasteiger partial charge in [0.05, 0.1) is 24.7 Å². The Morgan fingerprint density at radius 1 is 1.38 bits per heavy atom. The van der Waals surface area contributed by atoms with Crippen molar-refractivity contribution in [3.8, 4) is 0 Å². The van der Waals surface area contributed by atoms with Crippen molar-refractivity contribution < 1.29 is 4.74 Å². The van der Waals surface area contributed by atoms with Gasteiger partial charge < -0.3 is 15.0 Å². The van der Waals surface area contributed by atoms with Crippen LogP contribution in [0.2, 0.25) is 0 Å². The monoisotopic (exact) mass is 221 g/mol. The maximum Gasteiger partial charge on any atom is 0.0955 e. The second kappa shape index (κ2) is 4.18. The Morgan fingerprint density at radius 2 is 2.25 bits per heavy atom. The van der Waals surface area contributed by atoms with Crippen LogP contribution >= 0.6 is 0 Å². The van der Waals surface area contributed by atoms with E-state index in [-0.39, 0.29) is 6.04 Å². The number of aryl methyl sites for hydroxylation is 1. The van der Waals surface area contributed by atoms with Crippen molar-refractivity contribution in [1.82, 2.24) is 9.55 Å². The molecule has 0 spiro atoms. The summed E-state index contributed by atoms with van der Waals surface area (Å²) in [6.45, 7) is 1.54. The number of nitrogens with zero attached hydrogens (tertiary/aromatic N) is 2. The van der Waals surface area contributed by atoms with Crippen LogP contribution in [-0.2, 0) is 17.6 Å². The Bertz CT molecular complexity index is 374. The molecule has 0 aromatic carbocycles. The first kappa shape index (κ1) is 10.3. The van der Waals surface area contributed by atoms with Crippen LogP contribution in [0.3, 0.4) is 0 Å². The Labute approximate surface area is 95.8 Å². The number of aromatic nitrogens is 2. The Morgan fingerprint density at radius 3 is 3.12 bits per heavy atom. The van der Waals surface area contributed by atoms with Crippen molar-refractivity contribution in [1.29, 1.82) is 0 Å². The van der Waals surface area contributed by atoms with Crippen LogP contribution in [0.25, 0.3) is 0 Å². The van der Waals surface area contributed by atoms with Crippen molar-refractivity contribution in [2.24, 2.45) is 5.73 Å². The topological polar surface area (TPSA) is 53.1 Å². The molecule has 16 heavy (non-hydrogen) atoms. The normalized spacial score (nSPS) is 30.1. The van der Waals surface area contributed by atoms with Gasteiger partial charge in [-0.3, -0.25) is 0 Å². The first-order valence-electron chi connectivity index (χ1n) is 6.24. The predicted octanol–water partition coefficient (Wildman–Crippen LogP) is 1.05. The van der Waals surface area contributed by atoms with Gasteiger partial charge >= 0.3 is 0 Å². The second-order valence-corrected chi connectivity index (χ2v) is 4.85. The van der Waals surface area contributed by atoms with Crippen LogP contribution < -0.4 is 5.73 Å².